The zero-order valence-corrected chi connectivity index (χ0v) is 14.8. The molecule has 3 nitrogen and oxygen atoms in total. The van der Waals surface area contributed by atoms with Crippen molar-refractivity contribution < 1.29 is 8.42 Å². The van der Waals surface area contributed by atoms with Gasteiger partial charge in [-0.15, -0.1) is 11.6 Å². The molecule has 1 unspecified atom stereocenters. The van der Waals surface area contributed by atoms with Crippen molar-refractivity contribution in [1.29, 1.82) is 0 Å². The Morgan fingerprint density at radius 3 is 2.55 bits per heavy atom. The first-order valence-electron chi connectivity index (χ1n) is 6.53. The van der Waals surface area contributed by atoms with Gasteiger partial charge in [-0.1, -0.05) is 19.1 Å². The van der Waals surface area contributed by atoms with Gasteiger partial charge in [-0.05, 0) is 36.8 Å². The highest BCUT2D eigenvalue weighted by Crippen LogP contribution is 2.24. The number of benzene rings is 1. The third-order valence-electron chi connectivity index (χ3n) is 3.35. The van der Waals surface area contributed by atoms with Gasteiger partial charge in [0.15, 0.2) is 0 Å². The molecule has 0 amide bonds. The number of halogens is 1. The van der Waals surface area contributed by atoms with Crippen molar-refractivity contribution in [3.05, 3.63) is 29.3 Å². The molecule has 0 N–H and O–H groups in total. The van der Waals surface area contributed by atoms with E-state index in [0.29, 0.717) is 17.2 Å². The Balaban J connectivity index is 3.26. The maximum absolute atomic E-state index is 12.8. The molecule has 114 valence electrons. The lowest BCUT2D eigenvalue weighted by Crippen LogP contribution is -2.37. The van der Waals surface area contributed by atoms with Crippen LogP contribution in [0.5, 0.6) is 0 Å². The van der Waals surface area contributed by atoms with Crippen molar-refractivity contribution in [2.45, 2.75) is 37.1 Å². The summed E-state index contributed by atoms with van der Waals surface area (Å²) in [6, 6.07) is 5.40. The van der Waals surface area contributed by atoms with Crippen LogP contribution < -0.4 is 0 Å². The van der Waals surface area contributed by atoms with Crippen LogP contribution in [0.4, 0.5) is 0 Å². The summed E-state index contributed by atoms with van der Waals surface area (Å²) in [5, 5.41) is 0. The lowest BCUT2D eigenvalue weighted by Gasteiger charge is -2.25. The molecule has 0 bridgehead atoms. The number of aryl methyl sites for hydroxylation is 1. The van der Waals surface area contributed by atoms with E-state index >= 15 is 0 Å². The normalized spacial score (nSPS) is 13.7. The smallest absolute Gasteiger partial charge is 0.207 e. The van der Waals surface area contributed by atoms with Crippen LogP contribution in [0.2, 0.25) is 0 Å². The number of nitrogens with zero attached hydrogens (tertiary/aromatic N) is 1. The SMILES string of the molecule is CCc1ccc(CCl)cc1S(=O)(=O)N(C)C(C)CSC. The Kier molecular flexibility index (Phi) is 6.85. The molecular weight excluding hydrogens is 314 g/mol. The summed E-state index contributed by atoms with van der Waals surface area (Å²) in [6.45, 7) is 3.88. The van der Waals surface area contributed by atoms with E-state index in [4.69, 9.17) is 11.6 Å². The van der Waals surface area contributed by atoms with Crippen LogP contribution >= 0.6 is 23.4 Å². The molecule has 1 rings (SSSR count). The summed E-state index contributed by atoms with van der Waals surface area (Å²) < 4.78 is 27.0. The maximum Gasteiger partial charge on any atom is 0.243 e. The van der Waals surface area contributed by atoms with E-state index in [-0.39, 0.29) is 6.04 Å². The minimum Gasteiger partial charge on any atom is -0.207 e. The average molecular weight is 336 g/mol. The fourth-order valence-corrected chi connectivity index (χ4v) is 4.62. The Morgan fingerprint density at radius 1 is 1.40 bits per heavy atom. The van der Waals surface area contributed by atoms with Gasteiger partial charge in [0.1, 0.15) is 0 Å². The molecule has 0 saturated heterocycles. The van der Waals surface area contributed by atoms with Gasteiger partial charge in [0, 0.05) is 24.7 Å². The lowest BCUT2D eigenvalue weighted by molar-refractivity contribution is 0.414. The molecule has 0 radical (unpaired) electrons. The van der Waals surface area contributed by atoms with Crippen molar-refractivity contribution in [1.82, 2.24) is 4.31 Å². The quantitative estimate of drug-likeness (QED) is 0.717. The molecule has 0 aliphatic heterocycles. The topological polar surface area (TPSA) is 37.4 Å². The van der Waals surface area contributed by atoms with Crippen molar-refractivity contribution in [2.24, 2.45) is 0 Å². The average Bonchev–Trinajstić information content (AvgIpc) is 2.45. The molecule has 0 aliphatic rings. The highest BCUT2D eigenvalue weighted by Gasteiger charge is 2.27. The van der Waals surface area contributed by atoms with Gasteiger partial charge in [0.25, 0.3) is 0 Å². The van der Waals surface area contributed by atoms with Gasteiger partial charge in [-0.3, -0.25) is 0 Å². The maximum atomic E-state index is 12.8. The molecular formula is C14H22ClNO2S2. The molecule has 0 aromatic heterocycles. The highest BCUT2D eigenvalue weighted by atomic mass is 35.5. The predicted molar refractivity (Wildman–Crippen MR) is 88.2 cm³/mol. The number of alkyl halides is 1. The van der Waals surface area contributed by atoms with E-state index in [1.165, 1.54) is 4.31 Å². The first-order chi connectivity index (χ1) is 9.38. The van der Waals surface area contributed by atoms with Crippen molar-refractivity contribution in [2.75, 3.05) is 19.1 Å². The third kappa shape index (κ3) is 3.91. The second-order valence-corrected chi connectivity index (χ2v) is 7.90. The monoisotopic (exact) mass is 335 g/mol. The Hall–Kier alpha value is -0.230. The Labute approximate surface area is 131 Å². The van der Waals surface area contributed by atoms with Crippen LogP contribution in [0.3, 0.4) is 0 Å². The number of thioether (sulfide) groups is 1. The minimum atomic E-state index is -3.47. The molecule has 0 saturated carbocycles. The summed E-state index contributed by atoms with van der Waals surface area (Å²) in [4.78, 5) is 0.383. The number of rotatable bonds is 7. The molecule has 20 heavy (non-hydrogen) atoms. The molecule has 6 heteroatoms. The molecule has 0 aliphatic carbocycles. The van der Waals surface area contributed by atoms with Crippen molar-refractivity contribution in [3.8, 4) is 0 Å². The van der Waals surface area contributed by atoms with Crippen LogP contribution in [0.15, 0.2) is 23.1 Å². The van der Waals surface area contributed by atoms with E-state index in [2.05, 4.69) is 0 Å². The van der Waals surface area contributed by atoms with Gasteiger partial charge in [-0.2, -0.15) is 16.1 Å². The summed E-state index contributed by atoms with van der Waals surface area (Å²) in [7, 11) is -1.83. The number of hydrogen-bond acceptors (Lipinski definition) is 3. The Morgan fingerprint density at radius 2 is 2.05 bits per heavy atom. The third-order valence-corrected chi connectivity index (χ3v) is 6.53. The van der Waals surface area contributed by atoms with Gasteiger partial charge < -0.3 is 0 Å². The molecule has 1 aromatic rings. The van der Waals surface area contributed by atoms with Crippen LogP contribution in [0.25, 0.3) is 0 Å². The second-order valence-electron chi connectivity index (χ2n) is 4.75. The first kappa shape index (κ1) is 17.8. The fourth-order valence-electron chi connectivity index (χ4n) is 1.95. The zero-order chi connectivity index (χ0) is 15.3. The molecule has 0 fully saturated rings. The number of sulfonamides is 1. The van der Waals surface area contributed by atoms with Crippen LogP contribution in [-0.2, 0) is 22.3 Å². The number of hydrogen-bond donors (Lipinski definition) is 0. The van der Waals surface area contributed by atoms with Crippen molar-refractivity contribution >= 4 is 33.4 Å². The van der Waals surface area contributed by atoms with Crippen LogP contribution in [0.1, 0.15) is 25.0 Å². The molecule has 1 aromatic carbocycles. The Bertz CT molecular complexity index is 546. The fraction of sp³-hybridized carbons (Fsp3) is 0.571. The van der Waals surface area contributed by atoms with E-state index in [0.717, 1.165) is 16.9 Å². The standard InChI is InChI=1S/C14H22ClNO2S2/c1-5-13-7-6-12(9-15)8-14(13)20(17,18)16(3)11(2)10-19-4/h6-8,11H,5,9-10H2,1-4H3. The first-order valence-corrected chi connectivity index (χ1v) is 9.90. The van der Waals surface area contributed by atoms with Crippen LogP contribution in [-0.4, -0.2) is 37.8 Å². The molecule has 0 spiro atoms. The van der Waals surface area contributed by atoms with Gasteiger partial charge in [-0.25, -0.2) is 8.42 Å². The van der Waals surface area contributed by atoms with Gasteiger partial charge >= 0.3 is 0 Å². The van der Waals surface area contributed by atoms with Crippen LogP contribution in [0, 0.1) is 0 Å². The largest absolute Gasteiger partial charge is 0.243 e. The highest BCUT2D eigenvalue weighted by molar-refractivity contribution is 7.98. The zero-order valence-electron chi connectivity index (χ0n) is 12.4. The molecule has 1 atom stereocenters. The summed E-state index contributed by atoms with van der Waals surface area (Å²) >= 11 is 7.46. The van der Waals surface area contributed by atoms with Crippen molar-refractivity contribution in [3.63, 3.8) is 0 Å². The molecule has 0 heterocycles. The van der Waals surface area contributed by atoms with Gasteiger partial charge in [0.05, 0.1) is 4.90 Å². The predicted octanol–water partition coefficient (Wildman–Crippen LogP) is 3.36. The van der Waals surface area contributed by atoms with E-state index in [1.54, 1.807) is 24.9 Å². The summed E-state index contributed by atoms with van der Waals surface area (Å²) in [5.74, 6) is 1.09. The van der Waals surface area contributed by atoms with E-state index in [1.807, 2.05) is 32.2 Å². The second kappa shape index (κ2) is 7.69. The summed E-state index contributed by atoms with van der Waals surface area (Å²) in [5.41, 5.74) is 1.66. The summed E-state index contributed by atoms with van der Waals surface area (Å²) in [6.07, 6.45) is 2.66. The lowest BCUT2D eigenvalue weighted by atomic mass is 10.1. The van der Waals surface area contributed by atoms with E-state index < -0.39 is 10.0 Å². The van der Waals surface area contributed by atoms with Gasteiger partial charge in [0.2, 0.25) is 10.0 Å². The van der Waals surface area contributed by atoms with E-state index in [9.17, 15) is 8.42 Å². The minimum absolute atomic E-state index is 0.0423.